The second kappa shape index (κ2) is 38.9. The number of hydrogen-bond donors (Lipinski definition) is 0. The molecule has 0 spiro atoms. The molecule has 0 bridgehead atoms. The number of benzene rings is 22. The summed E-state index contributed by atoms with van der Waals surface area (Å²) in [6.07, 6.45) is 0. The van der Waals surface area contributed by atoms with Crippen LogP contribution in [0.4, 0.5) is 0 Å². The molecule has 0 unspecified atom stereocenters. The van der Waals surface area contributed by atoms with Crippen LogP contribution in [0.15, 0.2) is 485 Å². The predicted octanol–water partition coefficient (Wildman–Crippen LogP) is 35.2. The van der Waals surface area contributed by atoms with Crippen molar-refractivity contribution in [1.82, 2.24) is 0 Å². The minimum atomic E-state index is -0.709. The molecule has 0 atom stereocenters. The first-order valence-corrected chi connectivity index (χ1v) is 49.1. The SMILES string of the molecule is CC(C)(c1ccccc1)c1ccc(Oc2cccc(Oc3ccc(C4(c5ccc(Oc6cccc(Oc7ccc(C(C)(C)c8ccccc8)cc7)c6C#N)cc5)c5ccccc5-c5ccccc54)cc3)c2C#N)cc1.N#Cc1c(Oc2ccc3cc(C4(c5ccc6cc(Oc7cccc(Oc8cccc9ccccc89)c7C#N)ccc6c5)c5ccccc5-c5ccccc54)ccc3c2)cccc1Oc1cccc2ccccc12. The van der Waals surface area contributed by atoms with Gasteiger partial charge in [-0.15, -0.1) is 0 Å². The molecule has 24 rings (SSSR count). The highest BCUT2D eigenvalue weighted by Crippen LogP contribution is 2.60. The highest BCUT2D eigenvalue weighted by molar-refractivity contribution is 5.95. The van der Waals surface area contributed by atoms with E-state index in [1.54, 1.807) is 48.5 Å². The van der Waals surface area contributed by atoms with Crippen LogP contribution in [-0.2, 0) is 21.7 Å². The summed E-state index contributed by atoms with van der Waals surface area (Å²) in [7, 11) is 0. The molecule has 0 aliphatic heterocycles. The Kier molecular flexibility index (Phi) is 24.2. The molecule has 12 heteroatoms. The molecule has 12 nitrogen and oxygen atoms in total. The molecule has 0 fully saturated rings. The molecule has 2 aliphatic carbocycles. The van der Waals surface area contributed by atoms with Gasteiger partial charge in [-0.05, 0) is 267 Å². The predicted molar refractivity (Wildman–Crippen MR) is 586 cm³/mol. The highest BCUT2D eigenvalue weighted by atomic mass is 16.5. The van der Waals surface area contributed by atoms with E-state index in [0.29, 0.717) is 114 Å². The molecule has 704 valence electrons. The number of rotatable bonds is 24. The molecule has 0 saturated heterocycles. The van der Waals surface area contributed by atoms with Crippen LogP contribution in [0.3, 0.4) is 0 Å². The van der Waals surface area contributed by atoms with Gasteiger partial charge in [-0.1, -0.05) is 367 Å². The van der Waals surface area contributed by atoms with Crippen molar-refractivity contribution in [3.05, 3.63) is 574 Å². The van der Waals surface area contributed by atoms with Gasteiger partial charge in [-0.25, -0.2) is 0 Å². The van der Waals surface area contributed by atoms with Gasteiger partial charge in [0.2, 0.25) is 0 Å². The van der Waals surface area contributed by atoms with Gasteiger partial charge >= 0.3 is 0 Å². The summed E-state index contributed by atoms with van der Waals surface area (Å²) in [5.74, 6) is 8.18. The lowest BCUT2D eigenvalue weighted by Crippen LogP contribution is -2.28. The van der Waals surface area contributed by atoms with Gasteiger partial charge in [-0.2, -0.15) is 21.0 Å². The van der Waals surface area contributed by atoms with Crippen LogP contribution in [0, 0.1) is 45.3 Å². The zero-order chi connectivity index (χ0) is 100. The van der Waals surface area contributed by atoms with Gasteiger partial charge in [0.15, 0.2) is 0 Å². The fraction of sp³-hybridized carbons (Fsp3) is 0.0588. The lowest BCUT2D eigenvalue weighted by molar-refractivity contribution is 0.456. The largest absolute Gasteiger partial charge is 0.456 e. The highest BCUT2D eigenvalue weighted by Gasteiger charge is 2.48. The average Bonchev–Trinajstić information content (AvgIpc) is 1.53. The van der Waals surface area contributed by atoms with Crippen molar-refractivity contribution >= 4 is 43.1 Å². The van der Waals surface area contributed by atoms with E-state index in [-0.39, 0.29) is 10.8 Å². The van der Waals surface area contributed by atoms with Crippen LogP contribution < -0.4 is 37.9 Å². The number of ether oxygens (including phenoxy) is 8. The Balaban J connectivity index is 0.000000163. The first-order valence-electron chi connectivity index (χ1n) is 49.1. The Morgan fingerprint density at radius 1 is 0.176 bits per heavy atom. The molecule has 2 aliphatic rings. The Morgan fingerprint density at radius 3 is 0.723 bits per heavy atom. The smallest absolute Gasteiger partial charge is 0.149 e. The molecular weight excluding hydrogens is 1820 g/mol. The molecule has 0 radical (unpaired) electrons. The molecule has 0 aromatic heterocycles. The molecule has 0 amide bonds. The van der Waals surface area contributed by atoms with Crippen LogP contribution in [-0.4, -0.2) is 0 Å². The Labute approximate surface area is 858 Å². The second-order valence-corrected chi connectivity index (χ2v) is 37.9. The molecule has 0 saturated carbocycles. The van der Waals surface area contributed by atoms with Crippen molar-refractivity contribution in [2.24, 2.45) is 0 Å². The van der Waals surface area contributed by atoms with Crippen molar-refractivity contribution in [3.63, 3.8) is 0 Å². The first kappa shape index (κ1) is 92.0. The van der Waals surface area contributed by atoms with Crippen LogP contribution in [0.1, 0.15) is 117 Å². The van der Waals surface area contributed by atoms with Crippen molar-refractivity contribution < 1.29 is 37.9 Å². The van der Waals surface area contributed by atoms with E-state index in [1.807, 2.05) is 194 Å². The fourth-order valence-corrected chi connectivity index (χ4v) is 21.3. The number of hydrogen-bond acceptors (Lipinski definition) is 12. The topological polar surface area (TPSA) is 169 Å². The van der Waals surface area contributed by atoms with Crippen LogP contribution in [0.25, 0.3) is 65.3 Å². The monoisotopic (exact) mass is 1910 g/mol. The maximum absolute atomic E-state index is 10.5. The Hall–Kier alpha value is -19.8. The van der Waals surface area contributed by atoms with Gasteiger partial charge in [0.05, 0.1) is 10.8 Å². The maximum atomic E-state index is 10.5. The van der Waals surface area contributed by atoms with Gasteiger partial charge in [0.25, 0.3) is 0 Å². The summed E-state index contributed by atoms with van der Waals surface area (Å²) in [4.78, 5) is 0. The minimum absolute atomic E-state index is 0.198. The summed E-state index contributed by atoms with van der Waals surface area (Å²) in [6, 6.07) is 172. The second-order valence-electron chi connectivity index (χ2n) is 37.9. The van der Waals surface area contributed by atoms with Gasteiger partial charge < -0.3 is 37.9 Å². The number of fused-ring (bicyclic) bond motifs is 10. The van der Waals surface area contributed by atoms with Crippen molar-refractivity contribution in [2.45, 2.75) is 49.4 Å². The Morgan fingerprint density at radius 2 is 0.399 bits per heavy atom. The summed E-state index contributed by atoms with van der Waals surface area (Å²) in [6.45, 7) is 8.83. The van der Waals surface area contributed by atoms with E-state index in [2.05, 4.69) is 295 Å². The zero-order valence-corrected chi connectivity index (χ0v) is 81.2. The average molecular weight is 1910 g/mol. The fourth-order valence-electron chi connectivity index (χ4n) is 21.3. The molecule has 22 aromatic rings. The molecule has 0 N–H and O–H groups in total. The normalized spacial score (nSPS) is 12.3. The Bertz CT molecular complexity index is 8550. The van der Waals surface area contributed by atoms with Crippen LogP contribution in [0.2, 0.25) is 0 Å². The van der Waals surface area contributed by atoms with Crippen molar-refractivity contribution in [3.8, 4) is 139 Å². The number of nitrogens with zero attached hydrogens (tertiary/aromatic N) is 4. The maximum Gasteiger partial charge on any atom is 0.149 e. The summed E-state index contributed by atoms with van der Waals surface area (Å²) >= 11 is 0. The summed E-state index contributed by atoms with van der Waals surface area (Å²) in [5.41, 5.74) is 18.0. The minimum Gasteiger partial charge on any atom is -0.456 e. The van der Waals surface area contributed by atoms with Gasteiger partial charge in [0, 0.05) is 21.6 Å². The van der Waals surface area contributed by atoms with E-state index in [1.165, 1.54) is 33.4 Å². The van der Waals surface area contributed by atoms with E-state index < -0.39 is 10.8 Å². The standard InChI is InChI=1S/C69H52N2O4.C67H40N2O4/c1-67(2,47-17-7-5-8-18-47)49-29-37-53(38-30-49)72-63-25-15-27-65(59(63)45-70)74-55-41-33-51(34-42-55)69(61-23-13-11-21-57(61)58-22-12-14-24-62(58)69)52-35-43-56(44-36-52)75-66-28-16-26-64(60(66)46-71)73-54-39-31-50(32-40-54)68(3,4)48-19-9-6-10-20-48;68-41-57-63(25-11-27-65(57)72-61-23-9-15-43-13-1-3-17-53(43)61)70-51-35-31-45-37-49(33-29-47(45)39-51)67(59-21-7-5-19-55(59)56-20-6-8-22-60(56)67)50-34-30-48-40-52(36-32-46(48)38-50)71-64-26-12-28-66(58(64)42-69)73-62-24-10-16-44-14-2-4-18-54(44)62/h5-44H,1-4H3;1-40H. The summed E-state index contributed by atoms with van der Waals surface area (Å²) < 4.78 is 51.4. The van der Waals surface area contributed by atoms with E-state index in [4.69, 9.17) is 37.9 Å². The van der Waals surface area contributed by atoms with Crippen molar-refractivity contribution in [2.75, 3.05) is 0 Å². The van der Waals surface area contributed by atoms with Crippen LogP contribution in [0.5, 0.6) is 92.0 Å². The first-order chi connectivity index (χ1) is 72.6. The zero-order valence-electron chi connectivity index (χ0n) is 81.2. The van der Waals surface area contributed by atoms with Gasteiger partial charge in [0.1, 0.15) is 139 Å². The molecule has 0 heterocycles. The lowest BCUT2D eigenvalue weighted by Gasteiger charge is -2.34. The van der Waals surface area contributed by atoms with E-state index in [0.717, 1.165) is 98.7 Å². The molecule has 22 aromatic carbocycles. The third-order valence-electron chi connectivity index (χ3n) is 28.8. The molecular formula is C136H92N4O8. The third-order valence-corrected chi connectivity index (χ3v) is 28.8. The van der Waals surface area contributed by atoms with Crippen LogP contribution >= 0.6 is 0 Å². The van der Waals surface area contributed by atoms with E-state index in [9.17, 15) is 21.0 Å². The van der Waals surface area contributed by atoms with Crippen molar-refractivity contribution in [1.29, 1.82) is 21.0 Å². The molecule has 148 heavy (non-hydrogen) atoms. The van der Waals surface area contributed by atoms with Gasteiger partial charge in [-0.3, -0.25) is 0 Å². The summed E-state index contributed by atoms with van der Waals surface area (Å²) in [5, 5.41) is 49.9. The number of nitriles is 4. The van der Waals surface area contributed by atoms with E-state index >= 15 is 0 Å². The quantitative estimate of drug-likeness (QED) is 0.0562. The lowest BCUT2D eigenvalue weighted by atomic mass is 9.67. The third kappa shape index (κ3) is 16.9.